The minimum Gasteiger partial charge on any atom is -0.497 e. The number of methoxy groups -OCH3 is 1. The van der Waals surface area contributed by atoms with Crippen molar-refractivity contribution in [2.24, 2.45) is 5.73 Å². The molecular weight excluding hydrogens is 288 g/mol. The van der Waals surface area contributed by atoms with Gasteiger partial charge >= 0.3 is 0 Å². The molecule has 0 saturated heterocycles. The highest BCUT2D eigenvalue weighted by atomic mass is 35.5. The maximum atomic E-state index is 12.4. The van der Waals surface area contributed by atoms with Gasteiger partial charge in [-0.3, -0.25) is 4.79 Å². The lowest BCUT2D eigenvalue weighted by Crippen LogP contribution is -2.27. The van der Waals surface area contributed by atoms with Crippen LogP contribution in [-0.4, -0.2) is 19.6 Å². The van der Waals surface area contributed by atoms with Gasteiger partial charge < -0.3 is 15.8 Å². The maximum absolute atomic E-state index is 12.4. The van der Waals surface area contributed by atoms with Crippen LogP contribution >= 0.6 is 11.6 Å². The highest BCUT2D eigenvalue weighted by Crippen LogP contribution is 2.28. The molecule has 0 saturated carbocycles. The van der Waals surface area contributed by atoms with Gasteiger partial charge in [0, 0.05) is 12.6 Å². The molecule has 0 aromatic heterocycles. The summed E-state index contributed by atoms with van der Waals surface area (Å²) in [7, 11) is 1.56. The van der Waals surface area contributed by atoms with E-state index in [1.165, 1.54) is 0 Å². The Morgan fingerprint density at radius 2 is 2.00 bits per heavy atom. The molecule has 1 atom stereocenters. The summed E-state index contributed by atoms with van der Waals surface area (Å²) in [5, 5.41) is 3.26. The Kier molecular flexibility index (Phi) is 5.20. The van der Waals surface area contributed by atoms with Crippen LogP contribution in [0.25, 0.3) is 0 Å². The Hall–Kier alpha value is -2.04. The van der Waals surface area contributed by atoms with Crippen LogP contribution in [0.2, 0.25) is 5.02 Å². The lowest BCUT2D eigenvalue weighted by molar-refractivity contribution is -0.117. The summed E-state index contributed by atoms with van der Waals surface area (Å²) >= 11 is 6.09. The lowest BCUT2D eigenvalue weighted by atomic mass is 9.98. The third kappa shape index (κ3) is 3.74. The average Bonchev–Trinajstić information content (AvgIpc) is 2.51. The second-order valence-electron chi connectivity index (χ2n) is 4.53. The quantitative estimate of drug-likeness (QED) is 0.892. The molecule has 1 unspecified atom stereocenters. The fourth-order valence-electron chi connectivity index (χ4n) is 2.03. The van der Waals surface area contributed by atoms with Crippen LogP contribution in [0.15, 0.2) is 48.5 Å². The van der Waals surface area contributed by atoms with E-state index in [1.807, 2.05) is 30.3 Å². The number of nitrogens with one attached hydrogen (secondary N) is 1. The van der Waals surface area contributed by atoms with Crippen molar-refractivity contribution in [2.75, 3.05) is 19.0 Å². The van der Waals surface area contributed by atoms with Gasteiger partial charge in [-0.05, 0) is 17.7 Å². The number of nitrogens with two attached hydrogens (primary N) is 1. The molecule has 2 rings (SSSR count). The van der Waals surface area contributed by atoms with Gasteiger partial charge in [-0.25, -0.2) is 0 Å². The molecule has 0 radical (unpaired) electrons. The lowest BCUT2D eigenvalue weighted by Gasteiger charge is -2.16. The summed E-state index contributed by atoms with van der Waals surface area (Å²) in [6.45, 7) is 0.220. The van der Waals surface area contributed by atoms with Crippen LogP contribution < -0.4 is 15.8 Å². The fraction of sp³-hybridized carbons (Fsp3) is 0.188. The van der Waals surface area contributed by atoms with E-state index in [0.717, 1.165) is 5.56 Å². The van der Waals surface area contributed by atoms with Gasteiger partial charge in [0.15, 0.2) is 0 Å². The molecule has 110 valence electrons. The van der Waals surface area contributed by atoms with Crippen molar-refractivity contribution in [1.82, 2.24) is 0 Å². The van der Waals surface area contributed by atoms with Crippen molar-refractivity contribution in [3.05, 3.63) is 59.1 Å². The van der Waals surface area contributed by atoms with Crippen LogP contribution in [0.3, 0.4) is 0 Å². The van der Waals surface area contributed by atoms with Crippen molar-refractivity contribution in [3.8, 4) is 5.75 Å². The van der Waals surface area contributed by atoms with E-state index in [9.17, 15) is 4.79 Å². The van der Waals surface area contributed by atoms with Gasteiger partial charge in [-0.2, -0.15) is 0 Å². The first-order valence-corrected chi connectivity index (χ1v) is 6.93. The number of benzene rings is 2. The Labute approximate surface area is 128 Å². The third-order valence-corrected chi connectivity index (χ3v) is 3.52. The first-order chi connectivity index (χ1) is 10.2. The van der Waals surface area contributed by atoms with Gasteiger partial charge in [0.1, 0.15) is 5.75 Å². The number of amides is 1. The van der Waals surface area contributed by atoms with Crippen LogP contribution in [0, 0.1) is 0 Å². The number of anilines is 1. The van der Waals surface area contributed by atoms with Gasteiger partial charge in [0.05, 0.1) is 23.7 Å². The summed E-state index contributed by atoms with van der Waals surface area (Å²) < 4.78 is 5.13. The van der Waals surface area contributed by atoms with E-state index in [4.69, 9.17) is 22.1 Å². The SMILES string of the molecule is COc1ccc(Cl)c(NC(=O)C(CN)c2ccccc2)c1. The smallest absolute Gasteiger partial charge is 0.233 e. The van der Waals surface area contributed by atoms with Crippen molar-refractivity contribution >= 4 is 23.2 Å². The van der Waals surface area contributed by atoms with E-state index in [0.29, 0.717) is 16.5 Å². The predicted molar refractivity (Wildman–Crippen MR) is 84.9 cm³/mol. The molecule has 0 aliphatic rings. The first kappa shape index (κ1) is 15.4. The second kappa shape index (κ2) is 7.11. The van der Waals surface area contributed by atoms with Crippen molar-refractivity contribution in [2.45, 2.75) is 5.92 Å². The summed E-state index contributed by atoms with van der Waals surface area (Å²) in [5.41, 5.74) is 7.12. The highest BCUT2D eigenvalue weighted by molar-refractivity contribution is 6.33. The van der Waals surface area contributed by atoms with E-state index < -0.39 is 5.92 Å². The number of carbonyl (C=O) groups is 1. The number of halogens is 1. The standard InChI is InChI=1S/C16H17ClN2O2/c1-21-12-7-8-14(17)15(9-12)19-16(20)13(10-18)11-5-3-2-4-6-11/h2-9,13H,10,18H2,1H3,(H,19,20). The average molecular weight is 305 g/mol. The monoisotopic (exact) mass is 304 g/mol. The van der Waals surface area contributed by atoms with E-state index in [1.54, 1.807) is 25.3 Å². The largest absolute Gasteiger partial charge is 0.497 e. The van der Waals surface area contributed by atoms with Gasteiger partial charge in [-0.1, -0.05) is 41.9 Å². The molecular formula is C16H17ClN2O2. The number of rotatable bonds is 5. The topological polar surface area (TPSA) is 64.3 Å². The molecule has 2 aromatic carbocycles. The number of carbonyl (C=O) groups excluding carboxylic acids is 1. The zero-order valence-corrected chi connectivity index (χ0v) is 12.4. The van der Waals surface area contributed by atoms with Gasteiger partial charge in [0.25, 0.3) is 0 Å². The Bertz CT molecular complexity index is 617. The third-order valence-electron chi connectivity index (χ3n) is 3.19. The maximum Gasteiger partial charge on any atom is 0.233 e. The van der Waals surface area contributed by atoms with E-state index in [-0.39, 0.29) is 12.5 Å². The zero-order valence-electron chi connectivity index (χ0n) is 11.7. The Morgan fingerprint density at radius 1 is 1.29 bits per heavy atom. The molecule has 4 nitrogen and oxygen atoms in total. The second-order valence-corrected chi connectivity index (χ2v) is 4.94. The minimum absolute atomic E-state index is 0.196. The molecule has 21 heavy (non-hydrogen) atoms. The molecule has 0 heterocycles. The summed E-state index contributed by atoms with van der Waals surface area (Å²) in [5.74, 6) is 0.00558. The summed E-state index contributed by atoms with van der Waals surface area (Å²) in [4.78, 5) is 12.4. The zero-order chi connectivity index (χ0) is 15.2. The molecule has 0 aliphatic carbocycles. The molecule has 5 heteroatoms. The molecule has 0 fully saturated rings. The number of hydrogen-bond acceptors (Lipinski definition) is 3. The van der Waals surface area contributed by atoms with Crippen LogP contribution in [0.4, 0.5) is 5.69 Å². The van der Waals surface area contributed by atoms with Gasteiger partial charge in [-0.15, -0.1) is 0 Å². The normalized spacial score (nSPS) is 11.8. The predicted octanol–water partition coefficient (Wildman–Crippen LogP) is 3.03. The first-order valence-electron chi connectivity index (χ1n) is 6.55. The molecule has 1 amide bonds. The molecule has 0 aliphatic heterocycles. The fourth-order valence-corrected chi connectivity index (χ4v) is 2.19. The number of hydrogen-bond donors (Lipinski definition) is 2. The van der Waals surface area contributed by atoms with Gasteiger partial charge in [0.2, 0.25) is 5.91 Å². The van der Waals surface area contributed by atoms with Crippen molar-refractivity contribution in [1.29, 1.82) is 0 Å². The molecule has 3 N–H and O–H groups in total. The van der Waals surface area contributed by atoms with Crippen molar-refractivity contribution < 1.29 is 9.53 Å². The molecule has 0 spiro atoms. The van der Waals surface area contributed by atoms with Crippen LogP contribution in [-0.2, 0) is 4.79 Å². The summed E-state index contributed by atoms with van der Waals surface area (Å²) in [6, 6.07) is 14.5. The van der Waals surface area contributed by atoms with E-state index >= 15 is 0 Å². The summed E-state index contributed by atoms with van der Waals surface area (Å²) in [6.07, 6.45) is 0. The molecule has 0 bridgehead atoms. The van der Waals surface area contributed by atoms with Crippen LogP contribution in [0.5, 0.6) is 5.75 Å². The number of ether oxygens (including phenoxy) is 1. The highest BCUT2D eigenvalue weighted by Gasteiger charge is 2.19. The minimum atomic E-state index is -0.423. The van der Waals surface area contributed by atoms with Crippen molar-refractivity contribution in [3.63, 3.8) is 0 Å². The molecule has 2 aromatic rings. The van der Waals surface area contributed by atoms with E-state index in [2.05, 4.69) is 5.32 Å². The Balaban J connectivity index is 2.20. The Morgan fingerprint density at radius 3 is 2.62 bits per heavy atom. The van der Waals surface area contributed by atoms with Crippen LogP contribution in [0.1, 0.15) is 11.5 Å².